The molecule has 0 aromatic rings. The normalized spacial score (nSPS) is 16.4. The van der Waals surface area contributed by atoms with E-state index < -0.39 is 24.4 Å². The molecule has 0 unspecified atom stereocenters. The lowest BCUT2D eigenvalue weighted by Crippen LogP contribution is -2.53. The molecule has 0 saturated heterocycles. The van der Waals surface area contributed by atoms with Crippen molar-refractivity contribution in [2.45, 2.75) is 95.5 Å². The fraction of sp³-hybridized carbons (Fsp3) is 0.833. The van der Waals surface area contributed by atoms with Gasteiger partial charge in [-0.1, -0.05) is 68.6 Å². The van der Waals surface area contributed by atoms with E-state index in [1.165, 1.54) is 32.1 Å². The first-order valence-electron chi connectivity index (χ1n) is 9.66. The number of nitrogens with one attached hydrogen (secondary N) is 1. The van der Waals surface area contributed by atoms with Gasteiger partial charge in [0.25, 0.3) is 0 Å². The first kappa shape index (κ1) is 25.3. The quantitative estimate of drug-likeness (QED) is 0.101. The summed E-state index contributed by atoms with van der Waals surface area (Å²) in [5.41, 5.74) is 0. The Hall–Kier alpha value is -1.71. The van der Waals surface area contributed by atoms with Crippen LogP contribution in [0.4, 0.5) is 0 Å². The third kappa shape index (κ3) is 12.3. The van der Waals surface area contributed by atoms with Gasteiger partial charge in [0.05, 0.1) is 18.5 Å². The van der Waals surface area contributed by atoms with Gasteiger partial charge in [0, 0.05) is 6.42 Å². The maximum absolute atomic E-state index is 12.0. The van der Waals surface area contributed by atoms with Gasteiger partial charge in [0.2, 0.25) is 5.91 Å². The highest BCUT2D eigenvalue weighted by molar-refractivity contribution is 5.81. The first-order valence-corrected chi connectivity index (χ1v) is 9.66. The summed E-state index contributed by atoms with van der Waals surface area (Å²) in [6.45, 7) is 2.19. The molecule has 0 aromatic carbocycles. The molecular weight excluding hydrogens is 354 g/mol. The number of hydrogen-bond acceptors (Lipinski definition) is 8. The smallest absolute Gasteiger partial charge is 0.220 e. The highest BCUT2D eigenvalue weighted by atomic mass is 16.4. The molecule has 0 heterocycles. The van der Waals surface area contributed by atoms with Crippen LogP contribution in [0.5, 0.6) is 0 Å². The van der Waals surface area contributed by atoms with Crippen molar-refractivity contribution in [2.75, 3.05) is 0 Å². The Labute approximate surface area is 160 Å². The summed E-state index contributed by atoms with van der Waals surface area (Å²) in [6, 6.07) is -1.20. The Balaban J connectivity index is 4.15. The summed E-state index contributed by atoms with van der Waals surface area (Å²) < 4.78 is 0. The number of carbonyl (C=O) groups excluding carboxylic acids is 1. The number of hydrogen-bond donors (Lipinski definition) is 6. The van der Waals surface area contributed by atoms with Crippen molar-refractivity contribution in [3.63, 3.8) is 0 Å². The van der Waals surface area contributed by atoms with Crippen LogP contribution in [0, 0.1) is 0 Å². The number of rotatable bonds is 16. The third-order valence-electron chi connectivity index (χ3n) is 4.35. The summed E-state index contributed by atoms with van der Waals surface area (Å²) in [6.07, 6.45) is 6.79. The fourth-order valence-electron chi connectivity index (χ4n) is 2.71. The number of aliphatic hydroxyl groups is 3. The monoisotopic (exact) mass is 389 g/mol. The summed E-state index contributed by atoms with van der Waals surface area (Å²) in [4.78, 5) is 12.0. The van der Waals surface area contributed by atoms with Gasteiger partial charge >= 0.3 is 0 Å². The SMILES string of the molecule is CCCCCCCCCCCC(=O)N[C@@H](/C=N/O)[C@@H](O)[C@H](O)[C@H](O)/C=N/O. The molecule has 0 aliphatic heterocycles. The molecule has 0 fully saturated rings. The van der Waals surface area contributed by atoms with Crippen molar-refractivity contribution in [3.8, 4) is 0 Å². The molecule has 0 rings (SSSR count). The molecule has 0 radical (unpaired) electrons. The fourth-order valence-corrected chi connectivity index (χ4v) is 2.71. The van der Waals surface area contributed by atoms with Crippen LogP contribution in [0.15, 0.2) is 10.3 Å². The van der Waals surface area contributed by atoms with Crippen LogP contribution >= 0.6 is 0 Å². The molecule has 0 bridgehead atoms. The Morgan fingerprint density at radius 1 is 0.852 bits per heavy atom. The highest BCUT2D eigenvalue weighted by Gasteiger charge is 2.31. The Morgan fingerprint density at radius 2 is 1.37 bits per heavy atom. The molecule has 4 atom stereocenters. The van der Waals surface area contributed by atoms with Crippen LogP contribution in [0.1, 0.15) is 71.1 Å². The third-order valence-corrected chi connectivity index (χ3v) is 4.35. The van der Waals surface area contributed by atoms with Crippen molar-refractivity contribution >= 4 is 18.3 Å². The van der Waals surface area contributed by atoms with E-state index in [1.54, 1.807) is 0 Å². The molecule has 0 aromatic heterocycles. The lowest BCUT2D eigenvalue weighted by atomic mass is 10.0. The average molecular weight is 389 g/mol. The minimum atomic E-state index is -1.74. The van der Waals surface area contributed by atoms with Crippen LogP contribution in [0.2, 0.25) is 0 Å². The molecule has 0 saturated carbocycles. The number of unbranched alkanes of at least 4 members (excludes halogenated alkanes) is 8. The van der Waals surface area contributed by atoms with Crippen molar-refractivity contribution < 1.29 is 30.5 Å². The van der Waals surface area contributed by atoms with E-state index >= 15 is 0 Å². The maximum Gasteiger partial charge on any atom is 0.220 e. The molecule has 9 nitrogen and oxygen atoms in total. The van der Waals surface area contributed by atoms with Gasteiger partial charge in [-0.05, 0) is 6.42 Å². The molecule has 6 N–H and O–H groups in total. The van der Waals surface area contributed by atoms with Crippen molar-refractivity contribution in [1.82, 2.24) is 5.32 Å². The zero-order valence-corrected chi connectivity index (χ0v) is 16.1. The summed E-state index contributed by atoms with van der Waals surface area (Å²) in [5, 5.41) is 54.1. The van der Waals surface area contributed by atoms with Gasteiger partial charge in [0.1, 0.15) is 18.3 Å². The van der Waals surface area contributed by atoms with Crippen LogP contribution < -0.4 is 5.32 Å². The molecule has 1 amide bonds. The second kappa shape index (κ2) is 16.5. The Morgan fingerprint density at radius 3 is 1.89 bits per heavy atom. The second-order valence-electron chi connectivity index (χ2n) is 6.67. The van der Waals surface area contributed by atoms with Gasteiger partial charge in [-0.3, -0.25) is 4.79 Å². The lowest BCUT2D eigenvalue weighted by molar-refractivity contribution is -0.123. The molecule has 158 valence electrons. The molecular formula is C18H35N3O6. The second-order valence-corrected chi connectivity index (χ2v) is 6.67. The van der Waals surface area contributed by atoms with Crippen LogP contribution in [0.25, 0.3) is 0 Å². The number of nitrogens with zero attached hydrogens (tertiary/aromatic N) is 2. The zero-order valence-electron chi connectivity index (χ0n) is 16.1. The standard InChI is InChI=1S/C18H35N3O6/c1-2-3-4-5-6-7-8-9-10-11-16(23)21-14(12-19-26)17(24)18(25)15(22)13-20-27/h12-15,17-18,22,24-27H,2-11H2,1H3,(H,21,23)/b19-12+,20-13+/t14-,15+,17+,18+/m0/s1. The van der Waals surface area contributed by atoms with Gasteiger partial charge in [-0.15, -0.1) is 0 Å². The topological polar surface area (TPSA) is 155 Å². The van der Waals surface area contributed by atoms with Gasteiger partial charge in [-0.2, -0.15) is 0 Å². The van der Waals surface area contributed by atoms with E-state index in [0.717, 1.165) is 25.5 Å². The number of aliphatic hydroxyl groups excluding tert-OH is 3. The highest BCUT2D eigenvalue weighted by Crippen LogP contribution is 2.11. The van der Waals surface area contributed by atoms with Crippen molar-refractivity contribution in [3.05, 3.63) is 0 Å². The number of amides is 1. The van der Waals surface area contributed by atoms with Gasteiger partial charge < -0.3 is 31.1 Å². The van der Waals surface area contributed by atoms with Crippen molar-refractivity contribution in [1.29, 1.82) is 0 Å². The van der Waals surface area contributed by atoms with Crippen LogP contribution in [0.3, 0.4) is 0 Å². The van der Waals surface area contributed by atoms with E-state index in [-0.39, 0.29) is 12.3 Å². The Kier molecular flexibility index (Phi) is 15.4. The number of carbonyl (C=O) groups is 1. The van der Waals surface area contributed by atoms with E-state index in [4.69, 9.17) is 10.4 Å². The Bertz CT molecular complexity index is 433. The van der Waals surface area contributed by atoms with Crippen LogP contribution in [-0.2, 0) is 4.79 Å². The molecule has 0 aliphatic carbocycles. The van der Waals surface area contributed by atoms with Gasteiger partial charge in [0.15, 0.2) is 0 Å². The first-order chi connectivity index (χ1) is 13.0. The van der Waals surface area contributed by atoms with E-state index in [1.807, 2.05) is 0 Å². The summed E-state index contributed by atoms with van der Waals surface area (Å²) in [5.74, 6) is -0.362. The van der Waals surface area contributed by atoms with Crippen LogP contribution in [-0.4, -0.2) is 68.4 Å². The minimum Gasteiger partial charge on any atom is -0.411 e. The largest absolute Gasteiger partial charge is 0.411 e. The molecule has 9 heteroatoms. The minimum absolute atomic E-state index is 0.245. The van der Waals surface area contributed by atoms with Gasteiger partial charge in [-0.25, -0.2) is 0 Å². The predicted molar refractivity (Wildman–Crippen MR) is 102 cm³/mol. The van der Waals surface area contributed by atoms with E-state index in [0.29, 0.717) is 12.6 Å². The number of oxime groups is 2. The summed E-state index contributed by atoms with van der Waals surface area (Å²) >= 11 is 0. The maximum atomic E-state index is 12.0. The van der Waals surface area contributed by atoms with E-state index in [9.17, 15) is 20.1 Å². The molecule has 0 spiro atoms. The molecule has 27 heavy (non-hydrogen) atoms. The van der Waals surface area contributed by atoms with Crippen molar-refractivity contribution in [2.24, 2.45) is 10.3 Å². The summed E-state index contributed by atoms with van der Waals surface area (Å²) in [7, 11) is 0. The average Bonchev–Trinajstić information content (AvgIpc) is 2.65. The predicted octanol–water partition coefficient (Wildman–Crippen LogP) is 1.39. The molecule has 0 aliphatic rings. The van der Waals surface area contributed by atoms with E-state index in [2.05, 4.69) is 22.6 Å². The zero-order chi connectivity index (χ0) is 20.5. The lowest BCUT2D eigenvalue weighted by Gasteiger charge is -2.26.